The summed E-state index contributed by atoms with van der Waals surface area (Å²) in [4.78, 5) is 19.8. The molecule has 138 valence electrons. The predicted octanol–water partition coefficient (Wildman–Crippen LogP) is 3.35. The van der Waals surface area contributed by atoms with Crippen LogP contribution in [0.1, 0.15) is 30.0 Å². The van der Waals surface area contributed by atoms with E-state index in [0.717, 1.165) is 27.2 Å². The molecule has 1 fully saturated rings. The van der Waals surface area contributed by atoms with Crippen LogP contribution in [-0.2, 0) is 11.2 Å². The number of benzene rings is 1. The lowest BCUT2D eigenvalue weighted by Crippen LogP contribution is -2.13. The van der Waals surface area contributed by atoms with Crippen molar-refractivity contribution in [3.05, 3.63) is 52.3 Å². The Bertz CT molecular complexity index is 966. The van der Waals surface area contributed by atoms with Gasteiger partial charge in [0.2, 0.25) is 11.9 Å². The number of rotatable bonds is 7. The quantitative estimate of drug-likeness (QED) is 0.458. The van der Waals surface area contributed by atoms with Gasteiger partial charge in [0, 0.05) is 23.9 Å². The van der Waals surface area contributed by atoms with Gasteiger partial charge < -0.3 is 16.4 Å². The SMILES string of the molecule is NC(=O)Cc1ccc(Nc2ncc(Br)c(Nc3cc(C4CC4)n[nH]3)n2)cc1. The van der Waals surface area contributed by atoms with Crippen molar-refractivity contribution in [3.8, 4) is 0 Å². The van der Waals surface area contributed by atoms with Crippen molar-refractivity contribution >= 4 is 45.1 Å². The van der Waals surface area contributed by atoms with Gasteiger partial charge in [-0.15, -0.1) is 0 Å². The fourth-order valence-electron chi connectivity index (χ4n) is 2.67. The molecule has 1 aromatic carbocycles. The van der Waals surface area contributed by atoms with Crippen LogP contribution in [0, 0.1) is 0 Å². The molecular weight excluding hydrogens is 410 g/mol. The van der Waals surface area contributed by atoms with Crippen LogP contribution < -0.4 is 16.4 Å². The monoisotopic (exact) mass is 427 g/mol. The van der Waals surface area contributed by atoms with Crippen LogP contribution in [0.3, 0.4) is 0 Å². The second-order valence-electron chi connectivity index (χ2n) is 6.46. The zero-order valence-electron chi connectivity index (χ0n) is 14.4. The minimum absolute atomic E-state index is 0.218. The van der Waals surface area contributed by atoms with Crippen LogP contribution in [0.5, 0.6) is 0 Å². The maximum Gasteiger partial charge on any atom is 0.229 e. The number of nitrogens with one attached hydrogen (secondary N) is 3. The molecule has 3 aromatic rings. The maximum atomic E-state index is 11.0. The Morgan fingerprint density at radius 1 is 1.26 bits per heavy atom. The number of aromatic nitrogens is 4. The number of hydrogen-bond donors (Lipinski definition) is 4. The van der Waals surface area contributed by atoms with Gasteiger partial charge in [0.15, 0.2) is 5.82 Å². The van der Waals surface area contributed by atoms with Gasteiger partial charge in [-0.3, -0.25) is 9.89 Å². The molecule has 2 aromatic heterocycles. The number of primary amides is 1. The molecule has 1 saturated carbocycles. The van der Waals surface area contributed by atoms with Gasteiger partial charge in [-0.25, -0.2) is 4.98 Å². The predicted molar refractivity (Wildman–Crippen MR) is 106 cm³/mol. The summed E-state index contributed by atoms with van der Waals surface area (Å²) < 4.78 is 0.743. The third-order valence-corrected chi connectivity index (χ3v) is 4.76. The number of carbonyl (C=O) groups excluding carboxylic acids is 1. The van der Waals surface area contributed by atoms with E-state index < -0.39 is 0 Å². The summed E-state index contributed by atoms with van der Waals surface area (Å²) in [5, 5.41) is 13.7. The average molecular weight is 428 g/mol. The molecule has 9 heteroatoms. The Morgan fingerprint density at radius 3 is 2.74 bits per heavy atom. The van der Waals surface area contributed by atoms with Crippen molar-refractivity contribution < 1.29 is 4.79 Å². The van der Waals surface area contributed by atoms with Gasteiger partial charge >= 0.3 is 0 Å². The maximum absolute atomic E-state index is 11.0. The highest BCUT2D eigenvalue weighted by Gasteiger charge is 2.26. The lowest BCUT2D eigenvalue weighted by atomic mass is 10.1. The van der Waals surface area contributed by atoms with E-state index in [1.54, 1.807) is 6.20 Å². The largest absolute Gasteiger partial charge is 0.369 e. The first-order chi connectivity index (χ1) is 13.1. The molecule has 2 heterocycles. The van der Waals surface area contributed by atoms with Crippen molar-refractivity contribution in [2.45, 2.75) is 25.2 Å². The van der Waals surface area contributed by atoms with Crippen molar-refractivity contribution in [1.29, 1.82) is 0 Å². The number of nitrogens with zero attached hydrogens (tertiary/aromatic N) is 3. The number of anilines is 4. The van der Waals surface area contributed by atoms with E-state index in [1.807, 2.05) is 30.3 Å². The second-order valence-corrected chi connectivity index (χ2v) is 7.32. The lowest BCUT2D eigenvalue weighted by molar-refractivity contribution is -0.117. The van der Waals surface area contributed by atoms with Crippen molar-refractivity contribution in [2.24, 2.45) is 5.73 Å². The fourth-order valence-corrected chi connectivity index (χ4v) is 2.96. The number of H-pyrrole nitrogens is 1. The Kier molecular flexibility index (Phi) is 4.76. The smallest absolute Gasteiger partial charge is 0.229 e. The van der Waals surface area contributed by atoms with E-state index in [0.29, 0.717) is 17.7 Å². The molecule has 0 bridgehead atoms. The first kappa shape index (κ1) is 17.5. The highest BCUT2D eigenvalue weighted by molar-refractivity contribution is 9.10. The third kappa shape index (κ3) is 4.43. The second kappa shape index (κ2) is 7.36. The number of aromatic amines is 1. The molecule has 0 unspecified atom stereocenters. The minimum Gasteiger partial charge on any atom is -0.369 e. The van der Waals surface area contributed by atoms with Crippen molar-refractivity contribution in [1.82, 2.24) is 20.2 Å². The Balaban J connectivity index is 1.47. The summed E-state index contributed by atoms with van der Waals surface area (Å²) in [6, 6.07) is 9.40. The normalized spacial score (nSPS) is 13.4. The molecule has 0 atom stereocenters. The van der Waals surface area contributed by atoms with Crippen LogP contribution in [-0.4, -0.2) is 26.1 Å². The summed E-state index contributed by atoms with van der Waals surface area (Å²) >= 11 is 3.46. The molecule has 5 N–H and O–H groups in total. The lowest BCUT2D eigenvalue weighted by Gasteiger charge is -2.09. The van der Waals surface area contributed by atoms with E-state index in [-0.39, 0.29) is 12.3 Å². The summed E-state index contributed by atoms with van der Waals surface area (Å²) in [5.41, 5.74) is 7.96. The molecule has 0 spiro atoms. The molecule has 0 radical (unpaired) electrons. The molecule has 1 aliphatic carbocycles. The third-order valence-electron chi connectivity index (χ3n) is 4.18. The van der Waals surface area contributed by atoms with Crippen LogP contribution in [0.25, 0.3) is 0 Å². The summed E-state index contributed by atoms with van der Waals surface area (Å²) in [6.45, 7) is 0. The molecule has 0 saturated heterocycles. The molecule has 8 nitrogen and oxygen atoms in total. The summed E-state index contributed by atoms with van der Waals surface area (Å²) in [7, 11) is 0. The number of amides is 1. The topological polar surface area (TPSA) is 122 Å². The van der Waals surface area contributed by atoms with Gasteiger partial charge in [-0.1, -0.05) is 12.1 Å². The van der Waals surface area contributed by atoms with Gasteiger partial charge in [0.1, 0.15) is 5.82 Å². The zero-order chi connectivity index (χ0) is 18.8. The van der Waals surface area contributed by atoms with Crippen molar-refractivity contribution in [2.75, 3.05) is 10.6 Å². The van der Waals surface area contributed by atoms with Crippen LogP contribution in [0.4, 0.5) is 23.3 Å². The van der Waals surface area contributed by atoms with E-state index in [2.05, 4.69) is 46.7 Å². The van der Waals surface area contributed by atoms with Crippen LogP contribution >= 0.6 is 15.9 Å². The number of nitrogens with two attached hydrogens (primary N) is 1. The number of hydrogen-bond acceptors (Lipinski definition) is 6. The summed E-state index contributed by atoms with van der Waals surface area (Å²) in [5.74, 6) is 2.10. The highest BCUT2D eigenvalue weighted by Crippen LogP contribution is 2.39. The van der Waals surface area contributed by atoms with E-state index >= 15 is 0 Å². The van der Waals surface area contributed by atoms with Crippen molar-refractivity contribution in [3.63, 3.8) is 0 Å². The molecule has 1 amide bonds. The van der Waals surface area contributed by atoms with Crippen LogP contribution in [0.15, 0.2) is 41.0 Å². The van der Waals surface area contributed by atoms with E-state index in [1.165, 1.54) is 12.8 Å². The molecule has 1 aliphatic rings. The van der Waals surface area contributed by atoms with Gasteiger partial charge in [0.05, 0.1) is 16.6 Å². The fraction of sp³-hybridized carbons (Fsp3) is 0.222. The minimum atomic E-state index is -0.355. The van der Waals surface area contributed by atoms with E-state index in [9.17, 15) is 4.79 Å². The Hall–Kier alpha value is -2.94. The van der Waals surface area contributed by atoms with Gasteiger partial charge in [0.25, 0.3) is 0 Å². The van der Waals surface area contributed by atoms with Gasteiger partial charge in [-0.2, -0.15) is 10.1 Å². The highest BCUT2D eigenvalue weighted by atomic mass is 79.9. The first-order valence-corrected chi connectivity index (χ1v) is 9.35. The Morgan fingerprint density at radius 2 is 2.04 bits per heavy atom. The number of carbonyl (C=O) groups is 1. The molecular formula is C18H18BrN7O. The van der Waals surface area contributed by atoms with E-state index in [4.69, 9.17) is 5.73 Å². The van der Waals surface area contributed by atoms with Gasteiger partial charge in [-0.05, 0) is 46.5 Å². The molecule has 27 heavy (non-hydrogen) atoms. The zero-order valence-corrected chi connectivity index (χ0v) is 16.0. The molecule has 4 rings (SSSR count). The first-order valence-electron chi connectivity index (χ1n) is 8.56. The Labute approximate surface area is 164 Å². The average Bonchev–Trinajstić information content (AvgIpc) is 3.39. The summed E-state index contributed by atoms with van der Waals surface area (Å²) in [6.07, 6.45) is 4.30. The standard InChI is InChI=1S/C18H18BrN7O/c19-13-9-21-18(22-12-5-1-10(2-6-12)7-15(20)27)24-17(13)23-16-8-14(25-26-16)11-3-4-11/h1-2,5-6,8-9,11H,3-4,7H2,(H2,20,27)(H3,21,22,23,24,25,26). The molecule has 0 aliphatic heterocycles. The van der Waals surface area contributed by atoms with Crippen LogP contribution in [0.2, 0.25) is 0 Å². The number of halogens is 1.